The molecule has 0 heterocycles. The van der Waals surface area contributed by atoms with Gasteiger partial charge in [-0.2, -0.15) is 0 Å². The first kappa shape index (κ1) is 13.8. The summed E-state index contributed by atoms with van der Waals surface area (Å²) in [5.41, 5.74) is 0.967. The minimum Gasteiger partial charge on any atom is -0.508 e. The first-order valence-electron chi connectivity index (χ1n) is 5.37. The second-order valence-electron chi connectivity index (χ2n) is 4.02. The van der Waals surface area contributed by atoms with E-state index in [-0.39, 0.29) is 17.7 Å². The minimum atomic E-state index is -1.11. The summed E-state index contributed by atoms with van der Waals surface area (Å²) in [6.07, 6.45) is 0.147. The van der Waals surface area contributed by atoms with Gasteiger partial charge in [0.25, 0.3) is 0 Å². The third-order valence-electron chi connectivity index (χ3n) is 2.37. The molecule has 1 amide bonds. The Kier molecular flexibility index (Phi) is 4.48. The topological polar surface area (TPSA) is 86.6 Å². The van der Waals surface area contributed by atoms with Crippen molar-refractivity contribution in [2.75, 3.05) is 0 Å². The maximum atomic E-state index is 11.4. The summed E-state index contributed by atoms with van der Waals surface area (Å²) in [4.78, 5) is 22.4. The highest BCUT2D eigenvalue weighted by atomic mass is 16.4. The van der Waals surface area contributed by atoms with E-state index in [4.69, 9.17) is 10.2 Å². The Bertz CT molecular complexity index is 464. The fourth-order valence-electron chi connectivity index (χ4n) is 1.35. The van der Waals surface area contributed by atoms with Crippen LogP contribution in [-0.2, 0) is 16.0 Å². The van der Waals surface area contributed by atoms with Crippen molar-refractivity contribution in [3.63, 3.8) is 0 Å². The first-order valence-corrected chi connectivity index (χ1v) is 5.37. The third kappa shape index (κ3) is 3.93. The van der Waals surface area contributed by atoms with Gasteiger partial charge in [-0.15, -0.1) is 0 Å². The lowest BCUT2D eigenvalue weighted by Crippen LogP contribution is -2.42. The van der Waals surface area contributed by atoms with E-state index in [1.165, 1.54) is 19.1 Å². The van der Waals surface area contributed by atoms with E-state index in [2.05, 4.69) is 11.9 Å². The molecule has 0 spiro atoms. The van der Waals surface area contributed by atoms with Gasteiger partial charge in [-0.3, -0.25) is 4.79 Å². The van der Waals surface area contributed by atoms with Crippen LogP contribution in [-0.4, -0.2) is 28.1 Å². The molecule has 0 aliphatic carbocycles. The van der Waals surface area contributed by atoms with Crippen molar-refractivity contribution in [3.8, 4) is 5.75 Å². The van der Waals surface area contributed by atoms with Gasteiger partial charge in [0.15, 0.2) is 0 Å². The summed E-state index contributed by atoms with van der Waals surface area (Å²) < 4.78 is 0. The highest BCUT2D eigenvalue weighted by Gasteiger charge is 2.20. The standard InChI is InChI=1S/C13H15NO4/c1-8(2)12(16)14-11(13(17)18)7-9-3-5-10(15)6-4-9/h3-6,11,15H,1,7H2,2H3,(H,14,16)(H,17,18). The van der Waals surface area contributed by atoms with Gasteiger partial charge in [0.05, 0.1) is 0 Å². The SMILES string of the molecule is C=C(C)C(=O)NC(Cc1ccc(O)cc1)C(=O)O. The van der Waals surface area contributed by atoms with Gasteiger partial charge < -0.3 is 15.5 Å². The molecule has 18 heavy (non-hydrogen) atoms. The van der Waals surface area contributed by atoms with Gasteiger partial charge in [-0.25, -0.2) is 4.79 Å². The molecular formula is C13H15NO4. The van der Waals surface area contributed by atoms with E-state index in [0.29, 0.717) is 5.56 Å². The molecule has 1 aromatic carbocycles. The van der Waals surface area contributed by atoms with Crippen LogP contribution in [0.1, 0.15) is 12.5 Å². The van der Waals surface area contributed by atoms with Crippen LogP contribution < -0.4 is 5.32 Å². The Morgan fingerprint density at radius 2 is 1.89 bits per heavy atom. The normalized spacial score (nSPS) is 11.6. The van der Waals surface area contributed by atoms with Crippen LogP contribution >= 0.6 is 0 Å². The Morgan fingerprint density at radius 3 is 2.33 bits per heavy atom. The maximum Gasteiger partial charge on any atom is 0.326 e. The smallest absolute Gasteiger partial charge is 0.326 e. The monoisotopic (exact) mass is 249 g/mol. The van der Waals surface area contributed by atoms with Crippen LogP contribution in [0.3, 0.4) is 0 Å². The molecule has 0 saturated heterocycles. The Morgan fingerprint density at radius 1 is 1.33 bits per heavy atom. The summed E-state index contributed by atoms with van der Waals surface area (Å²) >= 11 is 0. The zero-order valence-corrected chi connectivity index (χ0v) is 10.0. The molecule has 1 unspecified atom stereocenters. The first-order chi connectivity index (χ1) is 8.40. The zero-order chi connectivity index (χ0) is 13.7. The van der Waals surface area contributed by atoms with Crippen molar-refractivity contribution in [2.24, 2.45) is 0 Å². The average Bonchev–Trinajstić information content (AvgIpc) is 2.30. The molecule has 0 bridgehead atoms. The number of benzene rings is 1. The van der Waals surface area contributed by atoms with Gasteiger partial charge in [0.1, 0.15) is 11.8 Å². The largest absolute Gasteiger partial charge is 0.508 e. The van der Waals surface area contributed by atoms with Crippen molar-refractivity contribution in [2.45, 2.75) is 19.4 Å². The number of hydrogen-bond acceptors (Lipinski definition) is 3. The van der Waals surface area contributed by atoms with Crippen molar-refractivity contribution in [1.29, 1.82) is 0 Å². The lowest BCUT2D eigenvalue weighted by atomic mass is 10.1. The predicted molar refractivity (Wildman–Crippen MR) is 66.2 cm³/mol. The van der Waals surface area contributed by atoms with Crippen molar-refractivity contribution in [1.82, 2.24) is 5.32 Å². The third-order valence-corrected chi connectivity index (χ3v) is 2.37. The number of phenols is 1. The number of carboxylic acid groups (broad SMARTS) is 1. The summed E-state index contributed by atoms with van der Waals surface area (Å²) in [6.45, 7) is 4.96. The molecule has 0 radical (unpaired) electrons. The minimum absolute atomic E-state index is 0.108. The van der Waals surface area contributed by atoms with Gasteiger partial charge in [0, 0.05) is 12.0 Å². The van der Waals surface area contributed by atoms with Crippen LogP contribution in [0.15, 0.2) is 36.4 Å². The molecule has 0 aliphatic heterocycles. The summed E-state index contributed by atoms with van der Waals surface area (Å²) in [5.74, 6) is -1.49. The van der Waals surface area contributed by atoms with E-state index in [1.54, 1.807) is 12.1 Å². The van der Waals surface area contributed by atoms with Crippen LogP contribution in [0.5, 0.6) is 5.75 Å². The molecule has 0 fully saturated rings. The maximum absolute atomic E-state index is 11.4. The second-order valence-corrected chi connectivity index (χ2v) is 4.02. The van der Waals surface area contributed by atoms with Crippen LogP contribution in [0.25, 0.3) is 0 Å². The molecule has 1 aromatic rings. The Labute approximate surface area is 105 Å². The number of phenolic OH excluding ortho intramolecular Hbond substituents is 1. The summed E-state index contributed by atoms with van der Waals surface area (Å²) in [7, 11) is 0. The molecule has 5 nitrogen and oxygen atoms in total. The molecule has 0 aromatic heterocycles. The Balaban J connectivity index is 2.75. The van der Waals surface area contributed by atoms with Gasteiger partial charge in [-0.1, -0.05) is 18.7 Å². The fraction of sp³-hybridized carbons (Fsp3) is 0.231. The second kappa shape index (κ2) is 5.86. The van der Waals surface area contributed by atoms with Gasteiger partial charge >= 0.3 is 5.97 Å². The van der Waals surface area contributed by atoms with Gasteiger partial charge in [-0.05, 0) is 24.6 Å². The van der Waals surface area contributed by atoms with E-state index >= 15 is 0 Å². The van der Waals surface area contributed by atoms with Crippen molar-refractivity contribution in [3.05, 3.63) is 42.0 Å². The van der Waals surface area contributed by atoms with E-state index < -0.39 is 17.9 Å². The van der Waals surface area contributed by atoms with Crippen molar-refractivity contribution < 1.29 is 19.8 Å². The molecule has 0 saturated carbocycles. The number of aromatic hydroxyl groups is 1. The number of nitrogens with one attached hydrogen (secondary N) is 1. The lowest BCUT2D eigenvalue weighted by molar-refractivity contribution is -0.141. The van der Waals surface area contributed by atoms with E-state index in [0.717, 1.165) is 0 Å². The molecule has 1 atom stereocenters. The number of rotatable bonds is 5. The number of carbonyl (C=O) groups excluding carboxylic acids is 1. The molecule has 5 heteroatoms. The number of carbonyl (C=O) groups is 2. The van der Waals surface area contributed by atoms with E-state index in [1.807, 2.05) is 0 Å². The fourth-order valence-corrected chi connectivity index (χ4v) is 1.35. The predicted octanol–water partition coefficient (Wildman–Crippen LogP) is 1.08. The molecule has 1 rings (SSSR count). The highest BCUT2D eigenvalue weighted by Crippen LogP contribution is 2.11. The quantitative estimate of drug-likeness (QED) is 0.681. The van der Waals surface area contributed by atoms with Crippen LogP contribution in [0.4, 0.5) is 0 Å². The number of amides is 1. The number of carboxylic acids is 1. The molecule has 0 aliphatic rings. The molecule has 3 N–H and O–H groups in total. The summed E-state index contributed by atoms with van der Waals surface area (Å²) in [6, 6.07) is 5.14. The van der Waals surface area contributed by atoms with Crippen molar-refractivity contribution >= 4 is 11.9 Å². The Hall–Kier alpha value is -2.30. The highest BCUT2D eigenvalue weighted by molar-refractivity contribution is 5.94. The summed E-state index contributed by atoms with van der Waals surface area (Å²) in [5, 5.41) is 20.5. The zero-order valence-electron chi connectivity index (χ0n) is 10.0. The molecular weight excluding hydrogens is 234 g/mol. The van der Waals surface area contributed by atoms with E-state index in [9.17, 15) is 9.59 Å². The van der Waals surface area contributed by atoms with Crippen LogP contribution in [0.2, 0.25) is 0 Å². The number of aliphatic carboxylic acids is 1. The van der Waals surface area contributed by atoms with Crippen LogP contribution in [0, 0.1) is 0 Å². The lowest BCUT2D eigenvalue weighted by Gasteiger charge is -2.14. The molecule has 96 valence electrons. The average molecular weight is 249 g/mol. The van der Waals surface area contributed by atoms with Gasteiger partial charge in [0.2, 0.25) is 5.91 Å². The number of hydrogen-bond donors (Lipinski definition) is 3.